The van der Waals surface area contributed by atoms with Gasteiger partial charge in [-0.25, -0.2) is 8.42 Å². The molecule has 0 aliphatic carbocycles. The number of carbonyl (C=O) groups excluding carboxylic acids is 1. The molecule has 0 radical (unpaired) electrons. The van der Waals surface area contributed by atoms with Gasteiger partial charge in [0.1, 0.15) is 11.3 Å². The number of nitrogens with zero attached hydrogens (tertiary/aromatic N) is 2. The zero-order valence-corrected chi connectivity index (χ0v) is 13.9. The summed E-state index contributed by atoms with van der Waals surface area (Å²) in [7, 11) is -0.363. The molecule has 0 fully saturated rings. The molecule has 0 saturated carbocycles. The summed E-state index contributed by atoms with van der Waals surface area (Å²) in [5, 5.41) is 0.971. The molecule has 22 heavy (non-hydrogen) atoms. The van der Waals surface area contributed by atoms with Crippen LogP contribution < -0.4 is 0 Å². The normalized spacial score (nSPS) is 13.5. The molecule has 120 valence electrons. The van der Waals surface area contributed by atoms with Crippen LogP contribution in [0.1, 0.15) is 18.7 Å². The van der Waals surface area contributed by atoms with Crippen LogP contribution in [0.3, 0.4) is 0 Å². The molecule has 0 N–H and O–H groups in total. The van der Waals surface area contributed by atoms with E-state index < -0.39 is 10.0 Å². The Bertz CT molecular complexity index is 749. The fourth-order valence-electron chi connectivity index (χ4n) is 2.03. The van der Waals surface area contributed by atoms with Crippen LogP contribution in [-0.4, -0.2) is 50.4 Å². The number of hydrogen-bond acceptors (Lipinski definition) is 4. The summed E-state index contributed by atoms with van der Waals surface area (Å²) in [4.78, 5) is 13.7. The standard InChI is InChI=1S/C15H20N2O4S/c1-11(14-9-12-7-5-6-8-13(12)21-14)17(3)15(18)10-16(2)22(4,19)20/h5-9,11H,10H2,1-4H3. The molecule has 1 aromatic heterocycles. The number of para-hydroxylation sites is 1. The van der Waals surface area contributed by atoms with Gasteiger partial charge >= 0.3 is 0 Å². The number of fused-ring (bicyclic) bond motifs is 1. The van der Waals surface area contributed by atoms with Gasteiger partial charge < -0.3 is 9.32 Å². The molecule has 1 aromatic carbocycles. The summed E-state index contributed by atoms with van der Waals surface area (Å²) >= 11 is 0. The second-order valence-electron chi connectivity index (χ2n) is 5.39. The molecule has 2 rings (SSSR count). The Morgan fingerprint density at radius 3 is 2.50 bits per heavy atom. The van der Waals surface area contributed by atoms with Crippen LogP contribution in [0.25, 0.3) is 11.0 Å². The highest BCUT2D eigenvalue weighted by molar-refractivity contribution is 7.88. The first-order chi connectivity index (χ1) is 10.2. The van der Waals surface area contributed by atoms with E-state index in [0.29, 0.717) is 5.76 Å². The zero-order valence-electron chi connectivity index (χ0n) is 13.1. The highest BCUT2D eigenvalue weighted by atomic mass is 32.2. The van der Waals surface area contributed by atoms with Gasteiger partial charge in [0.15, 0.2) is 0 Å². The Hall–Kier alpha value is -1.86. The van der Waals surface area contributed by atoms with E-state index in [2.05, 4.69) is 0 Å². The lowest BCUT2D eigenvalue weighted by Gasteiger charge is -2.25. The van der Waals surface area contributed by atoms with Crippen molar-refractivity contribution < 1.29 is 17.6 Å². The van der Waals surface area contributed by atoms with E-state index in [0.717, 1.165) is 21.5 Å². The number of rotatable bonds is 5. The van der Waals surface area contributed by atoms with E-state index in [9.17, 15) is 13.2 Å². The predicted molar refractivity (Wildman–Crippen MR) is 84.9 cm³/mol. The third kappa shape index (κ3) is 3.48. The van der Waals surface area contributed by atoms with Gasteiger partial charge in [-0.15, -0.1) is 0 Å². The highest BCUT2D eigenvalue weighted by Gasteiger charge is 2.23. The molecule has 0 bridgehead atoms. The molecular formula is C15H20N2O4S. The second kappa shape index (κ2) is 6.10. The average Bonchev–Trinajstić information content (AvgIpc) is 2.88. The van der Waals surface area contributed by atoms with Crippen molar-refractivity contribution in [2.24, 2.45) is 0 Å². The molecule has 7 heteroatoms. The molecule has 0 aliphatic heterocycles. The average molecular weight is 324 g/mol. The second-order valence-corrected chi connectivity index (χ2v) is 7.48. The third-order valence-corrected chi connectivity index (χ3v) is 5.02. The Morgan fingerprint density at radius 2 is 1.91 bits per heavy atom. The lowest BCUT2D eigenvalue weighted by atomic mass is 10.2. The maximum absolute atomic E-state index is 12.2. The Morgan fingerprint density at radius 1 is 1.27 bits per heavy atom. The molecule has 1 unspecified atom stereocenters. The van der Waals surface area contributed by atoms with E-state index in [1.54, 1.807) is 7.05 Å². The highest BCUT2D eigenvalue weighted by Crippen LogP contribution is 2.26. The molecular weight excluding hydrogens is 304 g/mol. The van der Waals surface area contributed by atoms with Crippen LogP contribution in [-0.2, 0) is 14.8 Å². The van der Waals surface area contributed by atoms with Crippen LogP contribution in [0.4, 0.5) is 0 Å². The van der Waals surface area contributed by atoms with Crippen molar-refractivity contribution in [3.8, 4) is 0 Å². The zero-order chi connectivity index (χ0) is 16.5. The number of hydrogen-bond donors (Lipinski definition) is 0. The van der Waals surface area contributed by atoms with Crippen molar-refractivity contribution in [2.45, 2.75) is 13.0 Å². The van der Waals surface area contributed by atoms with E-state index in [1.807, 2.05) is 37.3 Å². The lowest BCUT2D eigenvalue weighted by Crippen LogP contribution is -2.39. The molecule has 0 aliphatic rings. The fourth-order valence-corrected chi connectivity index (χ4v) is 2.38. The Labute approximate surface area is 130 Å². The van der Waals surface area contributed by atoms with Crippen molar-refractivity contribution in [1.29, 1.82) is 0 Å². The van der Waals surface area contributed by atoms with Crippen molar-refractivity contribution in [3.05, 3.63) is 36.1 Å². The quantitative estimate of drug-likeness (QED) is 0.841. The van der Waals surface area contributed by atoms with Crippen molar-refractivity contribution >= 4 is 26.9 Å². The van der Waals surface area contributed by atoms with E-state index >= 15 is 0 Å². The Kier molecular flexibility index (Phi) is 4.58. The van der Waals surface area contributed by atoms with Crippen LogP contribution in [0.15, 0.2) is 34.7 Å². The molecule has 0 spiro atoms. The first-order valence-electron chi connectivity index (χ1n) is 6.85. The number of amides is 1. The van der Waals surface area contributed by atoms with Crippen molar-refractivity contribution in [2.75, 3.05) is 26.9 Å². The molecule has 1 atom stereocenters. The van der Waals surface area contributed by atoms with Crippen LogP contribution in [0.5, 0.6) is 0 Å². The minimum absolute atomic E-state index is 0.195. The molecule has 1 heterocycles. The number of benzene rings is 1. The van der Waals surface area contributed by atoms with Crippen LogP contribution in [0, 0.1) is 0 Å². The van der Waals surface area contributed by atoms with Crippen molar-refractivity contribution in [1.82, 2.24) is 9.21 Å². The maximum atomic E-state index is 12.2. The van der Waals surface area contributed by atoms with Crippen LogP contribution in [0.2, 0.25) is 0 Å². The molecule has 1 amide bonds. The summed E-state index contributed by atoms with van der Waals surface area (Å²) in [5.41, 5.74) is 0.762. The number of sulfonamides is 1. The van der Waals surface area contributed by atoms with E-state index in [-0.39, 0.29) is 18.5 Å². The topological polar surface area (TPSA) is 70.8 Å². The van der Waals surface area contributed by atoms with Gasteiger partial charge in [0.05, 0.1) is 18.8 Å². The maximum Gasteiger partial charge on any atom is 0.238 e. The number of furan rings is 1. The summed E-state index contributed by atoms with van der Waals surface area (Å²) < 4.78 is 29.5. The van der Waals surface area contributed by atoms with Gasteiger partial charge in [-0.1, -0.05) is 18.2 Å². The summed E-state index contributed by atoms with van der Waals surface area (Å²) in [5.74, 6) is 0.375. The van der Waals surface area contributed by atoms with Gasteiger partial charge in [0.25, 0.3) is 0 Å². The fraction of sp³-hybridized carbons (Fsp3) is 0.400. The minimum Gasteiger partial charge on any atom is -0.459 e. The first kappa shape index (κ1) is 16.5. The third-order valence-electron chi connectivity index (χ3n) is 3.75. The number of carbonyl (C=O) groups is 1. The lowest BCUT2D eigenvalue weighted by molar-refractivity contribution is -0.132. The van der Waals surface area contributed by atoms with Gasteiger partial charge in [-0.3, -0.25) is 4.79 Å². The molecule has 2 aromatic rings. The SMILES string of the molecule is CC(c1cc2ccccc2o1)N(C)C(=O)CN(C)S(C)(=O)=O. The minimum atomic E-state index is -3.38. The van der Waals surface area contributed by atoms with E-state index in [1.165, 1.54) is 11.9 Å². The largest absolute Gasteiger partial charge is 0.459 e. The Balaban J connectivity index is 2.14. The summed E-state index contributed by atoms with van der Waals surface area (Å²) in [6, 6.07) is 9.22. The van der Waals surface area contributed by atoms with E-state index in [4.69, 9.17) is 4.42 Å². The van der Waals surface area contributed by atoms with Crippen LogP contribution >= 0.6 is 0 Å². The molecule has 6 nitrogen and oxygen atoms in total. The smallest absolute Gasteiger partial charge is 0.238 e. The van der Waals surface area contributed by atoms with Crippen molar-refractivity contribution in [3.63, 3.8) is 0 Å². The summed E-state index contributed by atoms with van der Waals surface area (Å²) in [6.07, 6.45) is 1.07. The van der Waals surface area contributed by atoms with Gasteiger partial charge in [-0.2, -0.15) is 4.31 Å². The molecule has 0 saturated heterocycles. The summed E-state index contributed by atoms with van der Waals surface area (Å²) in [6.45, 7) is 1.65. The van der Waals surface area contributed by atoms with Gasteiger partial charge in [0.2, 0.25) is 15.9 Å². The predicted octanol–water partition coefficient (Wildman–Crippen LogP) is 1.84. The van der Waals surface area contributed by atoms with Gasteiger partial charge in [0, 0.05) is 19.5 Å². The van der Waals surface area contributed by atoms with Gasteiger partial charge in [-0.05, 0) is 19.1 Å². The number of likely N-dealkylation sites (N-methyl/N-ethyl adjacent to an activating group) is 2. The monoisotopic (exact) mass is 324 g/mol. The first-order valence-corrected chi connectivity index (χ1v) is 8.70.